The van der Waals surface area contributed by atoms with Gasteiger partial charge in [0.1, 0.15) is 22.6 Å². The van der Waals surface area contributed by atoms with E-state index in [2.05, 4.69) is 42.9 Å². The topological polar surface area (TPSA) is 118 Å². The first-order chi connectivity index (χ1) is 14.5. The molecule has 0 aliphatic heterocycles. The fourth-order valence-corrected chi connectivity index (χ4v) is 3.37. The maximum absolute atomic E-state index is 12.7. The number of aromatic hydroxyl groups is 1. The van der Waals surface area contributed by atoms with Crippen molar-refractivity contribution in [3.63, 3.8) is 0 Å². The maximum atomic E-state index is 12.7. The smallest absolute Gasteiger partial charge is 0.257 e. The molecule has 0 fully saturated rings. The number of anilines is 1. The molecule has 4 rings (SSSR count). The van der Waals surface area contributed by atoms with Crippen LogP contribution in [0.2, 0.25) is 0 Å². The quantitative estimate of drug-likeness (QED) is 0.308. The Morgan fingerprint density at radius 2 is 2.00 bits per heavy atom. The summed E-state index contributed by atoms with van der Waals surface area (Å²) in [7, 11) is 0. The van der Waals surface area contributed by atoms with Gasteiger partial charge in [-0.2, -0.15) is 9.78 Å². The zero-order valence-corrected chi connectivity index (χ0v) is 17.3. The molecule has 0 radical (unpaired) electrons. The maximum Gasteiger partial charge on any atom is 0.257 e. The third-order valence-electron chi connectivity index (χ3n) is 4.41. The Morgan fingerprint density at radius 1 is 1.27 bits per heavy atom. The number of nitrogens with two attached hydrogens (primary N) is 1. The summed E-state index contributed by atoms with van der Waals surface area (Å²) in [4.78, 5) is 21.9. The zero-order chi connectivity index (χ0) is 21.3. The van der Waals surface area contributed by atoms with Gasteiger partial charge in [0.05, 0.1) is 17.2 Å². The number of para-hydroxylation sites is 2. The van der Waals surface area contributed by atoms with E-state index in [0.717, 1.165) is 4.47 Å². The van der Waals surface area contributed by atoms with Gasteiger partial charge in [0.15, 0.2) is 5.65 Å². The minimum Gasteiger partial charge on any atom is -0.507 e. The van der Waals surface area contributed by atoms with Crippen LogP contribution in [-0.4, -0.2) is 38.4 Å². The molecule has 0 atom stereocenters. The van der Waals surface area contributed by atoms with E-state index in [1.54, 1.807) is 24.3 Å². The van der Waals surface area contributed by atoms with E-state index in [4.69, 9.17) is 5.73 Å². The first-order valence-corrected chi connectivity index (χ1v) is 9.77. The lowest BCUT2D eigenvalue weighted by molar-refractivity contribution is 0.0960. The fourth-order valence-electron chi connectivity index (χ4n) is 2.99. The van der Waals surface area contributed by atoms with E-state index in [1.807, 2.05) is 24.3 Å². The van der Waals surface area contributed by atoms with Crippen LogP contribution < -0.4 is 11.1 Å². The Kier molecular flexibility index (Phi) is 5.20. The number of nitrogens with one attached hydrogen (secondary N) is 1. The third kappa shape index (κ3) is 3.50. The van der Waals surface area contributed by atoms with Gasteiger partial charge in [-0.15, -0.1) is 6.58 Å². The number of carbonyl (C=O) groups is 1. The number of benzene rings is 2. The average molecular weight is 465 g/mol. The van der Waals surface area contributed by atoms with Gasteiger partial charge in [-0.05, 0) is 30.3 Å². The molecule has 150 valence electrons. The van der Waals surface area contributed by atoms with Crippen LogP contribution >= 0.6 is 15.9 Å². The molecule has 9 heteroatoms. The first kappa shape index (κ1) is 19.6. The number of phenols is 1. The van der Waals surface area contributed by atoms with Crippen LogP contribution in [0.5, 0.6) is 5.75 Å². The molecule has 1 amide bonds. The summed E-state index contributed by atoms with van der Waals surface area (Å²) < 4.78 is 2.13. The molecule has 2 aromatic carbocycles. The number of rotatable bonds is 5. The molecule has 2 heterocycles. The van der Waals surface area contributed by atoms with Gasteiger partial charge in [-0.1, -0.05) is 34.1 Å². The number of nitrogens with zero attached hydrogens (tertiary/aromatic N) is 4. The van der Waals surface area contributed by atoms with Crippen molar-refractivity contribution in [2.45, 2.75) is 0 Å². The van der Waals surface area contributed by atoms with Crippen molar-refractivity contribution in [2.75, 3.05) is 12.3 Å². The molecule has 4 N–H and O–H groups in total. The molecule has 0 saturated carbocycles. The van der Waals surface area contributed by atoms with Crippen molar-refractivity contribution in [1.29, 1.82) is 0 Å². The van der Waals surface area contributed by atoms with Crippen molar-refractivity contribution < 1.29 is 9.90 Å². The number of hydrogen-bond donors (Lipinski definition) is 3. The number of halogens is 1. The molecule has 0 saturated heterocycles. The van der Waals surface area contributed by atoms with E-state index < -0.39 is 5.91 Å². The Bertz CT molecular complexity index is 1330. The number of amides is 1. The summed E-state index contributed by atoms with van der Waals surface area (Å²) in [5, 5.41) is 17.2. The molecule has 4 aromatic rings. The van der Waals surface area contributed by atoms with Crippen LogP contribution in [0, 0.1) is 0 Å². The lowest BCUT2D eigenvalue weighted by Crippen LogP contribution is -2.24. The highest BCUT2D eigenvalue weighted by Crippen LogP contribution is 2.28. The summed E-state index contributed by atoms with van der Waals surface area (Å²) in [6.45, 7) is 3.88. The molecular weight excluding hydrogens is 448 g/mol. The van der Waals surface area contributed by atoms with Gasteiger partial charge in [0, 0.05) is 16.6 Å². The summed E-state index contributed by atoms with van der Waals surface area (Å²) in [6.07, 6.45) is 3.01. The SMILES string of the molecule is C=CCNC(=O)c1c(N)n(/N=C/c2cc(Br)ccc2O)c2nc3ccccc3nc12. The van der Waals surface area contributed by atoms with Crippen molar-refractivity contribution in [1.82, 2.24) is 20.0 Å². The summed E-state index contributed by atoms with van der Waals surface area (Å²) in [5.41, 5.74) is 8.89. The number of nitrogen functional groups attached to an aromatic ring is 1. The lowest BCUT2D eigenvalue weighted by atomic mass is 10.2. The van der Waals surface area contributed by atoms with E-state index >= 15 is 0 Å². The zero-order valence-electron chi connectivity index (χ0n) is 15.7. The fraction of sp³-hybridized carbons (Fsp3) is 0.0476. The van der Waals surface area contributed by atoms with Crippen LogP contribution in [0.4, 0.5) is 5.82 Å². The summed E-state index contributed by atoms with van der Waals surface area (Å²) in [6, 6.07) is 12.3. The average Bonchev–Trinajstić information content (AvgIpc) is 3.01. The van der Waals surface area contributed by atoms with Crippen molar-refractivity contribution >= 4 is 56.1 Å². The third-order valence-corrected chi connectivity index (χ3v) is 4.90. The van der Waals surface area contributed by atoms with Gasteiger partial charge in [0.25, 0.3) is 5.91 Å². The van der Waals surface area contributed by atoms with Crippen molar-refractivity contribution in [3.8, 4) is 5.75 Å². The number of aromatic nitrogens is 3. The molecule has 0 unspecified atom stereocenters. The molecular formula is C21H17BrN6O2. The Balaban J connectivity index is 1.93. The molecule has 30 heavy (non-hydrogen) atoms. The molecule has 8 nitrogen and oxygen atoms in total. The predicted molar refractivity (Wildman–Crippen MR) is 121 cm³/mol. The molecule has 0 spiro atoms. The van der Waals surface area contributed by atoms with E-state index in [0.29, 0.717) is 27.8 Å². The highest BCUT2D eigenvalue weighted by atomic mass is 79.9. The minimum atomic E-state index is -0.402. The number of fused-ring (bicyclic) bond motifs is 2. The molecule has 0 bridgehead atoms. The van der Waals surface area contributed by atoms with Gasteiger partial charge >= 0.3 is 0 Å². The second-order valence-corrected chi connectivity index (χ2v) is 7.32. The highest BCUT2D eigenvalue weighted by Gasteiger charge is 2.23. The Hall–Kier alpha value is -3.72. The van der Waals surface area contributed by atoms with Gasteiger partial charge in [0.2, 0.25) is 0 Å². The number of carbonyl (C=O) groups excluding carboxylic acids is 1. The van der Waals surface area contributed by atoms with Gasteiger partial charge in [-0.3, -0.25) is 4.79 Å². The predicted octanol–water partition coefficient (Wildman–Crippen LogP) is 3.43. The largest absolute Gasteiger partial charge is 0.507 e. The van der Waals surface area contributed by atoms with E-state index in [1.165, 1.54) is 10.9 Å². The first-order valence-electron chi connectivity index (χ1n) is 8.98. The lowest BCUT2D eigenvalue weighted by Gasteiger charge is -2.03. The second-order valence-electron chi connectivity index (χ2n) is 6.40. The number of phenolic OH excluding ortho intramolecular Hbond substituents is 1. The summed E-state index contributed by atoms with van der Waals surface area (Å²) in [5.74, 6) is -0.258. The van der Waals surface area contributed by atoms with Crippen LogP contribution in [0.15, 0.2) is 64.7 Å². The van der Waals surface area contributed by atoms with E-state index in [-0.39, 0.29) is 23.7 Å². The van der Waals surface area contributed by atoms with Gasteiger partial charge < -0.3 is 16.2 Å². The molecule has 0 aliphatic rings. The summed E-state index contributed by atoms with van der Waals surface area (Å²) >= 11 is 3.36. The van der Waals surface area contributed by atoms with Crippen LogP contribution in [0.3, 0.4) is 0 Å². The normalized spacial score (nSPS) is 11.4. The standard InChI is InChI=1S/C21H17BrN6O2/c1-2-9-24-21(30)17-18-20(27-15-6-4-3-5-14(15)26-18)28(19(17)23)25-11-12-10-13(22)7-8-16(12)29/h2-8,10-11,29H,1,9,23H2,(H,24,30)/b25-11+. The Labute approximate surface area is 179 Å². The molecule has 2 aromatic heterocycles. The van der Waals surface area contributed by atoms with Crippen molar-refractivity contribution in [2.24, 2.45) is 5.10 Å². The number of hydrogen-bond acceptors (Lipinski definition) is 6. The second kappa shape index (κ2) is 7.96. The Morgan fingerprint density at radius 3 is 2.73 bits per heavy atom. The van der Waals surface area contributed by atoms with Crippen LogP contribution in [-0.2, 0) is 0 Å². The van der Waals surface area contributed by atoms with E-state index in [9.17, 15) is 9.90 Å². The minimum absolute atomic E-state index is 0.0532. The van der Waals surface area contributed by atoms with Crippen LogP contribution in [0.25, 0.3) is 22.2 Å². The monoisotopic (exact) mass is 464 g/mol. The van der Waals surface area contributed by atoms with Crippen LogP contribution in [0.1, 0.15) is 15.9 Å². The van der Waals surface area contributed by atoms with Gasteiger partial charge in [-0.25, -0.2) is 9.97 Å². The highest BCUT2D eigenvalue weighted by molar-refractivity contribution is 9.10. The molecule has 0 aliphatic carbocycles. The van der Waals surface area contributed by atoms with Crippen molar-refractivity contribution in [3.05, 3.63) is 70.7 Å².